The summed E-state index contributed by atoms with van der Waals surface area (Å²) in [6.07, 6.45) is -4.38. The summed E-state index contributed by atoms with van der Waals surface area (Å²) >= 11 is 1.46. The first-order chi connectivity index (χ1) is 12.8. The number of anilines is 1. The lowest BCUT2D eigenvalue weighted by Gasteiger charge is -2.05. The summed E-state index contributed by atoms with van der Waals surface area (Å²) in [7, 11) is 0. The van der Waals surface area contributed by atoms with Gasteiger partial charge in [-0.3, -0.25) is 4.79 Å². The zero-order valence-electron chi connectivity index (χ0n) is 14.1. The molecule has 5 nitrogen and oxygen atoms in total. The summed E-state index contributed by atoms with van der Waals surface area (Å²) < 4.78 is 43.0. The second-order valence-electron chi connectivity index (χ2n) is 5.58. The second-order valence-corrected chi connectivity index (χ2v) is 6.63. The van der Waals surface area contributed by atoms with Gasteiger partial charge in [-0.05, 0) is 36.4 Å². The maximum absolute atomic E-state index is 12.6. The second kappa shape index (κ2) is 7.83. The zero-order valence-corrected chi connectivity index (χ0v) is 14.9. The van der Waals surface area contributed by atoms with E-state index in [1.807, 2.05) is 12.1 Å². The Labute approximate surface area is 157 Å². The van der Waals surface area contributed by atoms with Crippen molar-refractivity contribution in [3.63, 3.8) is 0 Å². The minimum absolute atomic E-state index is 0.142. The van der Waals surface area contributed by atoms with Crippen molar-refractivity contribution in [1.29, 1.82) is 0 Å². The van der Waals surface area contributed by atoms with E-state index < -0.39 is 11.7 Å². The Morgan fingerprint density at radius 2 is 1.78 bits per heavy atom. The third kappa shape index (κ3) is 5.10. The highest BCUT2D eigenvalue weighted by Gasteiger charge is 2.30. The third-order valence-corrected chi connectivity index (χ3v) is 4.47. The van der Waals surface area contributed by atoms with Crippen LogP contribution in [-0.4, -0.2) is 16.0 Å². The molecule has 0 saturated carbocycles. The van der Waals surface area contributed by atoms with E-state index in [0.717, 1.165) is 17.0 Å². The van der Waals surface area contributed by atoms with E-state index in [1.165, 1.54) is 30.8 Å². The molecule has 1 aromatic heterocycles. The Balaban J connectivity index is 1.62. The number of amides is 1. The normalized spacial score (nSPS) is 11.4. The molecular formula is C18H14F3N3O2S. The molecule has 3 aromatic rings. The highest BCUT2D eigenvalue weighted by Crippen LogP contribution is 2.31. The van der Waals surface area contributed by atoms with Crippen LogP contribution in [0.2, 0.25) is 0 Å². The summed E-state index contributed by atoms with van der Waals surface area (Å²) in [4.78, 5) is 16.1. The van der Waals surface area contributed by atoms with Gasteiger partial charge in [0.15, 0.2) is 0 Å². The van der Waals surface area contributed by atoms with Crippen LogP contribution in [0.5, 0.6) is 0 Å². The molecule has 0 unspecified atom stereocenters. The molecule has 2 aromatic carbocycles. The number of aromatic nitrogens is 2. The third-order valence-electron chi connectivity index (χ3n) is 3.48. The lowest BCUT2D eigenvalue weighted by atomic mass is 10.1. The van der Waals surface area contributed by atoms with Crippen LogP contribution >= 0.6 is 11.8 Å². The fourth-order valence-electron chi connectivity index (χ4n) is 2.22. The highest BCUT2D eigenvalue weighted by molar-refractivity contribution is 7.98. The molecule has 0 saturated heterocycles. The molecule has 0 bridgehead atoms. The number of rotatable bonds is 5. The smallest absolute Gasteiger partial charge is 0.338 e. The van der Waals surface area contributed by atoms with Crippen molar-refractivity contribution in [3.05, 3.63) is 60.0 Å². The van der Waals surface area contributed by atoms with Crippen molar-refractivity contribution >= 4 is 23.4 Å². The molecule has 0 atom stereocenters. The molecule has 1 amide bonds. The minimum Gasteiger partial charge on any atom is -0.338 e. The molecule has 0 fully saturated rings. The molecular weight excluding hydrogens is 379 g/mol. The van der Waals surface area contributed by atoms with Gasteiger partial charge < -0.3 is 9.84 Å². The quantitative estimate of drug-likeness (QED) is 0.618. The van der Waals surface area contributed by atoms with E-state index in [1.54, 1.807) is 12.1 Å². The largest absolute Gasteiger partial charge is 0.416 e. The molecule has 1 N–H and O–H groups in total. The zero-order chi connectivity index (χ0) is 19.4. The molecule has 0 radical (unpaired) electrons. The number of halogens is 3. The van der Waals surface area contributed by atoms with Gasteiger partial charge in [-0.2, -0.15) is 18.2 Å². The first-order valence-corrected chi connectivity index (χ1v) is 8.80. The number of benzene rings is 2. The maximum Gasteiger partial charge on any atom is 0.416 e. The lowest BCUT2D eigenvalue weighted by molar-refractivity contribution is -0.137. The number of hydrogen-bond donors (Lipinski definition) is 1. The summed E-state index contributed by atoms with van der Waals surface area (Å²) in [5.41, 5.74) is 0.421. The number of thioether (sulfide) groups is 1. The van der Waals surface area contributed by atoms with Crippen LogP contribution in [0.4, 0.5) is 18.9 Å². The van der Waals surface area contributed by atoms with Crippen molar-refractivity contribution in [1.82, 2.24) is 10.1 Å². The van der Waals surface area contributed by atoms with Crippen LogP contribution in [0.15, 0.2) is 57.9 Å². The van der Waals surface area contributed by atoms with Gasteiger partial charge in [-0.1, -0.05) is 17.3 Å². The first-order valence-electron chi connectivity index (χ1n) is 7.82. The Bertz CT molecular complexity index is 922. The first kappa shape index (κ1) is 19.0. The predicted molar refractivity (Wildman–Crippen MR) is 95.0 cm³/mol. The Morgan fingerprint density at radius 3 is 2.37 bits per heavy atom. The van der Waals surface area contributed by atoms with E-state index in [9.17, 15) is 18.0 Å². The molecule has 0 spiro atoms. The van der Waals surface area contributed by atoms with Gasteiger partial charge in [0.1, 0.15) is 0 Å². The molecule has 0 aliphatic rings. The fourth-order valence-corrected chi connectivity index (χ4v) is 2.96. The van der Waals surface area contributed by atoms with Gasteiger partial charge in [0.05, 0.1) is 11.3 Å². The van der Waals surface area contributed by atoms with Crippen LogP contribution < -0.4 is 5.32 Å². The molecule has 27 heavy (non-hydrogen) atoms. The number of nitrogens with one attached hydrogen (secondary N) is 1. The Kier molecular flexibility index (Phi) is 5.50. The molecule has 0 aliphatic heterocycles. The number of carbonyl (C=O) groups excluding carboxylic acids is 1. The molecule has 1 heterocycles. The lowest BCUT2D eigenvalue weighted by Crippen LogP contribution is -2.05. The fraction of sp³-hybridized carbons (Fsp3) is 0.167. The standard InChI is InChI=1S/C18H14F3N3O2S/c1-11(25)22-14-6-8-15(9-7-14)27-10-16-23-17(24-26-16)12-2-4-13(5-3-12)18(19,20)21/h2-9H,10H2,1H3,(H,22,25). The van der Waals surface area contributed by atoms with E-state index in [2.05, 4.69) is 15.5 Å². The number of carbonyl (C=O) groups is 1. The van der Waals surface area contributed by atoms with Crippen molar-refractivity contribution < 1.29 is 22.5 Å². The Morgan fingerprint density at radius 1 is 1.11 bits per heavy atom. The predicted octanol–water partition coefficient (Wildman–Crippen LogP) is 5.01. The number of alkyl halides is 3. The Hall–Kier alpha value is -2.81. The van der Waals surface area contributed by atoms with Gasteiger partial charge in [0, 0.05) is 23.1 Å². The summed E-state index contributed by atoms with van der Waals surface area (Å²) in [5.74, 6) is 0.867. The van der Waals surface area contributed by atoms with Crippen LogP contribution in [0.3, 0.4) is 0 Å². The average molecular weight is 393 g/mol. The maximum atomic E-state index is 12.6. The van der Waals surface area contributed by atoms with Crippen molar-refractivity contribution in [3.8, 4) is 11.4 Å². The topological polar surface area (TPSA) is 68.0 Å². The van der Waals surface area contributed by atoms with Crippen molar-refractivity contribution in [2.45, 2.75) is 23.7 Å². The van der Waals surface area contributed by atoms with Gasteiger partial charge >= 0.3 is 6.18 Å². The van der Waals surface area contributed by atoms with Crippen molar-refractivity contribution in [2.75, 3.05) is 5.32 Å². The van der Waals surface area contributed by atoms with E-state index in [4.69, 9.17) is 4.52 Å². The van der Waals surface area contributed by atoms with Gasteiger partial charge in [-0.15, -0.1) is 11.8 Å². The van der Waals surface area contributed by atoms with Gasteiger partial charge in [0.2, 0.25) is 17.6 Å². The van der Waals surface area contributed by atoms with Crippen molar-refractivity contribution in [2.24, 2.45) is 0 Å². The monoisotopic (exact) mass is 393 g/mol. The summed E-state index contributed by atoms with van der Waals surface area (Å²) in [6, 6.07) is 11.9. The highest BCUT2D eigenvalue weighted by atomic mass is 32.2. The van der Waals surface area contributed by atoms with Crippen LogP contribution in [0.1, 0.15) is 18.4 Å². The summed E-state index contributed by atoms with van der Waals surface area (Å²) in [6.45, 7) is 1.44. The van der Waals surface area contributed by atoms with Crippen LogP contribution in [-0.2, 0) is 16.7 Å². The molecule has 140 valence electrons. The van der Waals surface area contributed by atoms with E-state index >= 15 is 0 Å². The number of nitrogens with zero attached hydrogens (tertiary/aromatic N) is 2. The molecule has 9 heteroatoms. The van der Waals surface area contributed by atoms with Crippen LogP contribution in [0.25, 0.3) is 11.4 Å². The molecule has 0 aliphatic carbocycles. The van der Waals surface area contributed by atoms with E-state index in [0.29, 0.717) is 22.9 Å². The van der Waals surface area contributed by atoms with Gasteiger partial charge in [-0.25, -0.2) is 0 Å². The van der Waals surface area contributed by atoms with E-state index in [-0.39, 0.29) is 11.7 Å². The van der Waals surface area contributed by atoms with Gasteiger partial charge in [0.25, 0.3) is 0 Å². The SMILES string of the molecule is CC(=O)Nc1ccc(SCc2nc(-c3ccc(C(F)(F)F)cc3)no2)cc1. The average Bonchev–Trinajstić information content (AvgIpc) is 3.09. The van der Waals surface area contributed by atoms with Crippen LogP contribution in [0, 0.1) is 0 Å². The number of hydrogen-bond acceptors (Lipinski definition) is 5. The summed E-state index contributed by atoms with van der Waals surface area (Å²) in [5, 5.41) is 6.49. The minimum atomic E-state index is -4.38. The molecule has 3 rings (SSSR count).